The number of nitrogens with zero attached hydrogens (tertiary/aromatic N) is 2. The highest BCUT2D eigenvalue weighted by Crippen LogP contribution is 2.30. The Morgan fingerprint density at radius 2 is 1.66 bits per heavy atom. The average Bonchev–Trinajstić information content (AvgIpc) is 3.53. The van der Waals surface area contributed by atoms with E-state index in [-0.39, 0.29) is 11.8 Å². The highest BCUT2D eigenvalue weighted by molar-refractivity contribution is 6.04. The maximum atomic E-state index is 12.6. The zero-order valence-electron chi connectivity index (χ0n) is 16.9. The van der Waals surface area contributed by atoms with Crippen LogP contribution in [0.3, 0.4) is 0 Å². The summed E-state index contributed by atoms with van der Waals surface area (Å²) in [6.45, 7) is 6.97. The number of piperazine rings is 1. The van der Waals surface area contributed by atoms with Crippen LogP contribution in [0, 0.1) is 5.92 Å². The minimum Gasteiger partial charge on any atom is -0.369 e. The number of carbonyl (C=O) groups excluding carboxylic acids is 2. The topological polar surface area (TPSA) is 64.7 Å². The molecular weight excluding hydrogens is 364 g/mol. The van der Waals surface area contributed by atoms with Gasteiger partial charge in [0, 0.05) is 62.3 Å². The van der Waals surface area contributed by atoms with Gasteiger partial charge in [0.15, 0.2) is 0 Å². The van der Waals surface area contributed by atoms with E-state index in [2.05, 4.69) is 26.5 Å². The molecular formula is C23H28N4O2. The Hall–Kier alpha value is -2.86. The van der Waals surface area contributed by atoms with Crippen LogP contribution in [-0.2, 0) is 4.79 Å². The largest absolute Gasteiger partial charge is 0.369 e. The maximum Gasteiger partial charge on any atom is 0.255 e. The highest BCUT2D eigenvalue weighted by atomic mass is 16.2. The summed E-state index contributed by atoms with van der Waals surface area (Å²) in [6.07, 6.45) is 2.80. The van der Waals surface area contributed by atoms with E-state index >= 15 is 0 Å². The summed E-state index contributed by atoms with van der Waals surface area (Å²) in [5.74, 6) is 0.644. The number of carbonyl (C=O) groups is 2. The van der Waals surface area contributed by atoms with Gasteiger partial charge in [-0.25, -0.2) is 0 Å². The molecule has 2 aromatic rings. The lowest BCUT2D eigenvalue weighted by Crippen LogP contribution is -2.47. The van der Waals surface area contributed by atoms with E-state index in [9.17, 15) is 9.59 Å². The van der Waals surface area contributed by atoms with Crippen LogP contribution in [0.5, 0.6) is 0 Å². The minimum atomic E-state index is -0.161. The normalized spacial score (nSPS) is 17.1. The Kier molecular flexibility index (Phi) is 5.81. The van der Waals surface area contributed by atoms with Crippen LogP contribution < -0.4 is 15.5 Å². The SMILES string of the molecule is CC(=O)Nc1ccc(C(=O)Nc2cccc(N3CCN(CC4CC4)CC3)c2)cc1. The van der Waals surface area contributed by atoms with E-state index in [1.807, 2.05) is 18.2 Å². The molecule has 0 atom stereocenters. The third-order valence-corrected chi connectivity index (χ3v) is 5.52. The van der Waals surface area contributed by atoms with Crippen molar-refractivity contribution in [2.45, 2.75) is 19.8 Å². The van der Waals surface area contributed by atoms with Crippen molar-refractivity contribution >= 4 is 28.9 Å². The molecule has 1 aliphatic carbocycles. The predicted molar refractivity (Wildman–Crippen MR) is 117 cm³/mol. The molecule has 0 radical (unpaired) electrons. The molecule has 2 aromatic carbocycles. The lowest BCUT2D eigenvalue weighted by atomic mass is 10.1. The van der Waals surface area contributed by atoms with Crippen LogP contribution in [-0.4, -0.2) is 49.4 Å². The van der Waals surface area contributed by atoms with Gasteiger partial charge in [0.2, 0.25) is 5.91 Å². The van der Waals surface area contributed by atoms with Gasteiger partial charge in [0.05, 0.1) is 0 Å². The van der Waals surface area contributed by atoms with Crippen LogP contribution in [0.15, 0.2) is 48.5 Å². The van der Waals surface area contributed by atoms with Crippen molar-refractivity contribution in [1.29, 1.82) is 0 Å². The third kappa shape index (κ3) is 5.35. The second kappa shape index (κ2) is 8.66. The van der Waals surface area contributed by atoms with Gasteiger partial charge in [0.25, 0.3) is 5.91 Å². The molecule has 0 spiro atoms. The molecule has 4 rings (SSSR count). The van der Waals surface area contributed by atoms with Crippen molar-refractivity contribution in [3.63, 3.8) is 0 Å². The molecule has 2 aliphatic rings. The first-order valence-electron chi connectivity index (χ1n) is 10.3. The van der Waals surface area contributed by atoms with Crippen LogP contribution >= 0.6 is 0 Å². The Morgan fingerprint density at radius 3 is 2.31 bits per heavy atom. The van der Waals surface area contributed by atoms with Crippen LogP contribution in [0.1, 0.15) is 30.1 Å². The molecule has 6 nitrogen and oxygen atoms in total. The molecule has 1 saturated heterocycles. The van der Waals surface area contributed by atoms with Gasteiger partial charge in [-0.1, -0.05) is 6.07 Å². The summed E-state index contributed by atoms with van der Waals surface area (Å²) in [5.41, 5.74) is 3.17. The monoisotopic (exact) mass is 392 g/mol. The standard InChI is InChI=1S/C23H28N4O2/c1-17(28)24-20-9-7-19(8-10-20)23(29)25-21-3-2-4-22(15-21)27-13-11-26(12-14-27)16-18-5-6-18/h2-4,7-10,15,18H,5-6,11-14,16H2,1H3,(H,24,28)(H,25,29). The van der Waals surface area contributed by atoms with Gasteiger partial charge >= 0.3 is 0 Å². The molecule has 2 amide bonds. The molecule has 29 heavy (non-hydrogen) atoms. The van der Waals surface area contributed by atoms with Crippen molar-refractivity contribution in [3.05, 3.63) is 54.1 Å². The molecule has 0 bridgehead atoms. The van der Waals surface area contributed by atoms with Crippen molar-refractivity contribution in [1.82, 2.24) is 4.90 Å². The second-order valence-corrected chi connectivity index (χ2v) is 7.99. The van der Waals surface area contributed by atoms with E-state index < -0.39 is 0 Å². The molecule has 2 N–H and O–H groups in total. The van der Waals surface area contributed by atoms with E-state index in [0.29, 0.717) is 11.3 Å². The van der Waals surface area contributed by atoms with Crippen LogP contribution in [0.2, 0.25) is 0 Å². The van der Waals surface area contributed by atoms with Crippen molar-refractivity contribution in [2.24, 2.45) is 5.92 Å². The van der Waals surface area contributed by atoms with Gasteiger partial charge in [-0.2, -0.15) is 0 Å². The van der Waals surface area contributed by atoms with E-state index in [1.165, 1.54) is 26.3 Å². The first-order chi connectivity index (χ1) is 14.1. The molecule has 1 heterocycles. The van der Waals surface area contributed by atoms with Gasteiger partial charge in [-0.05, 0) is 61.2 Å². The number of anilines is 3. The molecule has 152 valence electrons. The fraction of sp³-hybridized carbons (Fsp3) is 0.391. The quantitative estimate of drug-likeness (QED) is 0.791. The van der Waals surface area contributed by atoms with E-state index in [0.717, 1.165) is 43.5 Å². The van der Waals surface area contributed by atoms with Crippen LogP contribution in [0.4, 0.5) is 17.1 Å². The van der Waals surface area contributed by atoms with Gasteiger partial charge in [0.1, 0.15) is 0 Å². The average molecular weight is 393 g/mol. The molecule has 1 saturated carbocycles. The Morgan fingerprint density at radius 1 is 0.931 bits per heavy atom. The zero-order chi connectivity index (χ0) is 20.2. The lowest BCUT2D eigenvalue weighted by Gasteiger charge is -2.36. The lowest BCUT2D eigenvalue weighted by molar-refractivity contribution is -0.114. The summed E-state index contributed by atoms with van der Waals surface area (Å²) < 4.78 is 0. The molecule has 1 aliphatic heterocycles. The predicted octanol–water partition coefficient (Wildman–Crippen LogP) is 3.43. The second-order valence-electron chi connectivity index (χ2n) is 7.99. The number of amides is 2. The fourth-order valence-electron chi connectivity index (χ4n) is 3.75. The number of rotatable bonds is 6. The summed E-state index contributed by atoms with van der Waals surface area (Å²) in [6, 6.07) is 14.9. The molecule has 6 heteroatoms. The number of hydrogen-bond donors (Lipinski definition) is 2. The smallest absolute Gasteiger partial charge is 0.255 e. The Labute approximate surface area is 171 Å². The van der Waals surface area contributed by atoms with Gasteiger partial charge in [-0.3, -0.25) is 14.5 Å². The van der Waals surface area contributed by atoms with Crippen molar-refractivity contribution in [2.75, 3.05) is 48.3 Å². The number of nitrogens with one attached hydrogen (secondary N) is 2. The van der Waals surface area contributed by atoms with E-state index in [1.54, 1.807) is 24.3 Å². The summed E-state index contributed by atoms with van der Waals surface area (Å²) in [5, 5.41) is 5.68. The number of hydrogen-bond acceptors (Lipinski definition) is 4. The van der Waals surface area contributed by atoms with Crippen LogP contribution in [0.25, 0.3) is 0 Å². The molecule has 0 aromatic heterocycles. The summed E-state index contributed by atoms with van der Waals surface area (Å²) in [4.78, 5) is 28.6. The molecule has 0 unspecified atom stereocenters. The Bertz CT molecular complexity index is 869. The van der Waals surface area contributed by atoms with Crippen molar-refractivity contribution in [3.8, 4) is 0 Å². The highest BCUT2D eigenvalue weighted by Gasteiger charge is 2.26. The summed E-state index contributed by atoms with van der Waals surface area (Å²) >= 11 is 0. The first kappa shape index (κ1) is 19.5. The fourth-order valence-corrected chi connectivity index (χ4v) is 3.75. The van der Waals surface area contributed by atoms with E-state index in [4.69, 9.17) is 0 Å². The third-order valence-electron chi connectivity index (χ3n) is 5.52. The van der Waals surface area contributed by atoms with Crippen molar-refractivity contribution < 1.29 is 9.59 Å². The maximum absolute atomic E-state index is 12.6. The molecule has 2 fully saturated rings. The summed E-state index contributed by atoms with van der Waals surface area (Å²) in [7, 11) is 0. The minimum absolute atomic E-state index is 0.132. The van der Waals surface area contributed by atoms with Gasteiger partial charge in [-0.15, -0.1) is 0 Å². The number of benzene rings is 2. The zero-order valence-corrected chi connectivity index (χ0v) is 16.9. The Balaban J connectivity index is 1.34. The van der Waals surface area contributed by atoms with Gasteiger partial charge < -0.3 is 15.5 Å². The first-order valence-corrected chi connectivity index (χ1v) is 10.3.